The second-order valence-electron chi connectivity index (χ2n) is 5.32. The molecule has 0 spiro atoms. The molecule has 0 saturated carbocycles. The van der Waals surface area contributed by atoms with Crippen LogP contribution in [0.2, 0.25) is 0 Å². The van der Waals surface area contributed by atoms with Gasteiger partial charge in [-0.15, -0.1) is 0 Å². The number of nitrogens with zero attached hydrogens (tertiary/aromatic N) is 1. The number of amides is 1. The largest absolute Gasteiger partial charge is 0.321 e. The molecule has 3 nitrogen and oxygen atoms in total. The fraction of sp³-hybridized carbons (Fsp3) is 0.222. The van der Waals surface area contributed by atoms with Crippen LogP contribution in [-0.4, -0.2) is 22.6 Å². The van der Waals surface area contributed by atoms with Crippen LogP contribution in [0.25, 0.3) is 0 Å². The average molecular weight is 279 g/mol. The van der Waals surface area contributed by atoms with Crippen molar-refractivity contribution in [2.24, 2.45) is 0 Å². The van der Waals surface area contributed by atoms with Crippen molar-refractivity contribution in [2.45, 2.75) is 25.4 Å². The summed E-state index contributed by atoms with van der Waals surface area (Å²) in [5, 5.41) is 0. The lowest BCUT2D eigenvalue weighted by Crippen LogP contribution is -2.61. The number of hydrogen-bond donors (Lipinski definition) is 0. The van der Waals surface area contributed by atoms with Gasteiger partial charge in [0.15, 0.2) is 0 Å². The molecule has 0 aromatic heterocycles. The van der Waals surface area contributed by atoms with E-state index in [0.717, 1.165) is 12.0 Å². The second-order valence-corrected chi connectivity index (χ2v) is 5.32. The first-order valence-electron chi connectivity index (χ1n) is 7.18. The van der Waals surface area contributed by atoms with Crippen LogP contribution in [0.1, 0.15) is 17.5 Å². The number of aryl methyl sites for hydroxylation is 1. The van der Waals surface area contributed by atoms with Crippen molar-refractivity contribution in [1.29, 1.82) is 0 Å². The van der Waals surface area contributed by atoms with Crippen LogP contribution in [0, 0.1) is 0 Å². The van der Waals surface area contributed by atoms with Gasteiger partial charge in [0.1, 0.15) is 6.04 Å². The number of β-lactam (4-membered cyclic amide) rings is 1. The molecule has 1 amide bonds. The van der Waals surface area contributed by atoms with E-state index in [1.54, 1.807) is 4.90 Å². The van der Waals surface area contributed by atoms with Crippen LogP contribution in [0.5, 0.6) is 0 Å². The molecule has 1 atom stereocenters. The monoisotopic (exact) mass is 279 g/mol. The van der Waals surface area contributed by atoms with Crippen LogP contribution < -0.4 is 0 Å². The van der Waals surface area contributed by atoms with Crippen LogP contribution in [0.4, 0.5) is 0 Å². The molecule has 1 aliphatic rings. The molecule has 1 aliphatic heterocycles. The van der Waals surface area contributed by atoms with Crippen LogP contribution in [0.15, 0.2) is 60.7 Å². The Balaban J connectivity index is 1.63. The third kappa shape index (κ3) is 2.87. The number of rotatable bonds is 5. The predicted octanol–water partition coefficient (Wildman–Crippen LogP) is 2.60. The molecule has 1 heterocycles. The second kappa shape index (κ2) is 5.92. The first kappa shape index (κ1) is 13.6. The third-order valence-corrected chi connectivity index (χ3v) is 3.90. The number of carbonyl (C=O) groups is 2. The van der Waals surface area contributed by atoms with Gasteiger partial charge in [0.2, 0.25) is 5.78 Å². The highest BCUT2D eigenvalue weighted by molar-refractivity contribution is 6.44. The van der Waals surface area contributed by atoms with Gasteiger partial charge in [-0.25, -0.2) is 0 Å². The Hall–Kier alpha value is -2.42. The number of carbonyl (C=O) groups excluding carboxylic acids is 2. The van der Waals surface area contributed by atoms with E-state index < -0.39 is 0 Å². The topological polar surface area (TPSA) is 37.4 Å². The van der Waals surface area contributed by atoms with Crippen LogP contribution in [-0.2, 0) is 22.6 Å². The SMILES string of the molecule is O=C1C(=O)N(Cc2ccccc2)[C@@H]1CCc1ccccc1. The maximum absolute atomic E-state index is 11.8. The van der Waals surface area contributed by atoms with Crippen molar-refractivity contribution in [3.63, 3.8) is 0 Å². The van der Waals surface area contributed by atoms with E-state index >= 15 is 0 Å². The summed E-state index contributed by atoms with van der Waals surface area (Å²) in [5.41, 5.74) is 2.26. The minimum Gasteiger partial charge on any atom is -0.321 e. The molecule has 1 fully saturated rings. The van der Waals surface area contributed by atoms with Crippen molar-refractivity contribution in [3.05, 3.63) is 71.8 Å². The van der Waals surface area contributed by atoms with Crippen LogP contribution in [0.3, 0.4) is 0 Å². The van der Waals surface area contributed by atoms with E-state index in [4.69, 9.17) is 0 Å². The molecule has 2 aromatic rings. The lowest BCUT2D eigenvalue weighted by atomic mass is 9.92. The number of ketones is 1. The Morgan fingerprint density at radius 3 is 2.00 bits per heavy atom. The van der Waals surface area contributed by atoms with Gasteiger partial charge in [-0.1, -0.05) is 60.7 Å². The van der Waals surface area contributed by atoms with E-state index in [9.17, 15) is 9.59 Å². The van der Waals surface area contributed by atoms with E-state index in [0.29, 0.717) is 13.0 Å². The van der Waals surface area contributed by atoms with E-state index in [1.807, 2.05) is 60.7 Å². The van der Waals surface area contributed by atoms with Gasteiger partial charge >= 0.3 is 0 Å². The highest BCUT2D eigenvalue weighted by Gasteiger charge is 2.45. The molecule has 3 rings (SSSR count). The van der Waals surface area contributed by atoms with Crippen LogP contribution >= 0.6 is 0 Å². The number of hydrogen-bond acceptors (Lipinski definition) is 2. The molecule has 0 radical (unpaired) electrons. The van der Waals surface area contributed by atoms with Crippen molar-refractivity contribution < 1.29 is 9.59 Å². The molecule has 0 aliphatic carbocycles. The first-order chi connectivity index (χ1) is 10.3. The summed E-state index contributed by atoms with van der Waals surface area (Å²) < 4.78 is 0. The zero-order valence-electron chi connectivity index (χ0n) is 11.7. The molecule has 2 aromatic carbocycles. The smallest absolute Gasteiger partial charge is 0.293 e. The summed E-state index contributed by atoms with van der Waals surface area (Å²) in [6.45, 7) is 0.519. The van der Waals surface area contributed by atoms with Gasteiger partial charge in [-0.3, -0.25) is 9.59 Å². The molecule has 106 valence electrons. The van der Waals surface area contributed by atoms with Gasteiger partial charge in [0.05, 0.1) is 0 Å². The summed E-state index contributed by atoms with van der Waals surface area (Å²) in [6.07, 6.45) is 1.51. The Kier molecular flexibility index (Phi) is 3.82. The fourth-order valence-corrected chi connectivity index (χ4v) is 2.70. The van der Waals surface area contributed by atoms with Gasteiger partial charge in [0, 0.05) is 6.54 Å². The lowest BCUT2D eigenvalue weighted by Gasteiger charge is -2.38. The minimum atomic E-state index is -0.350. The molecule has 21 heavy (non-hydrogen) atoms. The zero-order valence-corrected chi connectivity index (χ0v) is 11.7. The Bertz CT molecular complexity index is 637. The summed E-state index contributed by atoms with van der Waals surface area (Å²) >= 11 is 0. The summed E-state index contributed by atoms with van der Waals surface area (Å²) in [5.74, 6) is -0.598. The summed E-state index contributed by atoms with van der Waals surface area (Å²) in [7, 11) is 0. The van der Waals surface area contributed by atoms with Gasteiger partial charge < -0.3 is 4.90 Å². The highest BCUT2D eigenvalue weighted by Crippen LogP contribution is 2.23. The van der Waals surface area contributed by atoms with Gasteiger partial charge in [-0.2, -0.15) is 0 Å². The molecule has 1 saturated heterocycles. The Morgan fingerprint density at radius 1 is 0.810 bits per heavy atom. The number of likely N-dealkylation sites (tertiary alicyclic amines) is 1. The molecular weight excluding hydrogens is 262 g/mol. The predicted molar refractivity (Wildman–Crippen MR) is 80.6 cm³/mol. The maximum atomic E-state index is 11.8. The quantitative estimate of drug-likeness (QED) is 0.623. The number of Topliss-reactive ketones (excluding diaryl/α,β-unsaturated/α-hetero) is 1. The van der Waals surface area contributed by atoms with Gasteiger partial charge in [0.25, 0.3) is 5.91 Å². The van der Waals surface area contributed by atoms with Crippen molar-refractivity contribution in [1.82, 2.24) is 4.90 Å². The van der Waals surface area contributed by atoms with Crippen molar-refractivity contribution in [3.8, 4) is 0 Å². The normalized spacial score (nSPS) is 17.7. The molecule has 3 heteroatoms. The lowest BCUT2D eigenvalue weighted by molar-refractivity contribution is -0.161. The summed E-state index contributed by atoms with van der Waals surface area (Å²) in [6, 6.07) is 19.6. The number of benzene rings is 2. The van der Waals surface area contributed by atoms with Crippen molar-refractivity contribution >= 4 is 11.7 Å². The minimum absolute atomic E-state index is 0.248. The first-order valence-corrected chi connectivity index (χ1v) is 7.18. The maximum Gasteiger partial charge on any atom is 0.293 e. The molecule has 0 N–H and O–H groups in total. The molecular formula is C18H17NO2. The van der Waals surface area contributed by atoms with E-state index in [2.05, 4.69) is 0 Å². The molecule has 0 bridgehead atoms. The molecule has 0 unspecified atom stereocenters. The average Bonchev–Trinajstić information content (AvgIpc) is 2.55. The van der Waals surface area contributed by atoms with E-state index in [1.165, 1.54) is 5.56 Å². The standard InChI is InChI=1S/C18H17NO2/c20-17-16(12-11-14-7-3-1-4-8-14)19(18(17)21)13-15-9-5-2-6-10-15/h1-10,16H,11-13H2/t16-/m1/s1. The van der Waals surface area contributed by atoms with Crippen molar-refractivity contribution in [2.75, 3.05) is 0 Å². The van der Waals surface area contributed by atoms with E-state index in [-0.39, 0.29) is 17.7 Å². The van der Waals surface area contributed by atoms with Gasteiger partial charge in [-0.05, 0) is 24.0 Å². The third-order valence-electron chi connectivity index (χ3n) is 3.90. The Morgan fingerprint density at radius 2 is 1.38 bits per heavy atom. The zero-order chi connectivity index (χ0) is 14.7. The Labute approximate surface area is 124 Å². The fourth-order valence-electron chi connectivity index (χ4n) is 2.70. The summed E-state index contributed by atoms with van der Waals surface area (Å²) in [4.78, 5) is 25.2. The highest BCUT2D eigenvalue weighted by atomic mass is 16.2.